The van der Waals surface area contributed by atoms with Crippen molar-refractivity contribution in [2.45, 2.75) is 6.92 Å². The normalized spacial score (nSPS) is 10.5. The number of urea groups is 1. The van der Waals surface area contributed by atoms with E-state index in [1.54, 1.807) is 12.1 Å². The number of amides is 2. The van der Waals surface area contributed by atoms with E-state index >= 15 is 0 Å². The maximum absolute atomic E-state index is 13.1. The smallest absolute Gasteiger partial charge is 0.308 e. The van der Waals surface area contributed by atoms with Crippen molar-refractivity contribution in [3.8, 4) is 0 Å². The maximum Gasteiger partial charge on any atom is 0.323 e. The molecule has 0 aliphatic carbocycles. The molecule has 1 aromatic heterocycles. The number of hydrogen-bond donors (Lipinski definition) is 2. The number of nitrogens with one attached hydrogen (secondary N) is 2. The van der Waals surface area contributed by atoms with Crippen LogP contribution >= 0.6 is 0 Å². The van der Waals surface area contributed by atoms with E-state index in [0.717, 1.165) is 16.6 Å². The molecule has 0 atom stereocenters. The van der Waals surface area contributed by atoms with Gasteiger partial charge in [0.05, 0.1) is 11.2 Å². The zero-order chi connectivity index (χ0) is 15.5. The van der Waals surface area contributed by atoms with Crippen LogP contribution in [0.3, 0.4) is 0 Å². The number of anilines is 2. The number of hydrogen-bond acceptors (Lipinski definition) is 2. The summed E-state index contributed by atoms with van der Waals surface area (Å²) in [5.41, 5.74) is 2.67. The Hall–Kier alpha value is -2.95. The predicted octanol–water partition coefficient (Wildman–Crippen LogP) is 4.33. The summed E-state index contributed by atoms with van der Waals surface area (Å²) in [6.07, 6.45) is 0. The molecule has 2 N–H and O–H groups in total. The highest BCUT2D eigenvalue weighted by molar-refractivity contribution is 6.05. The summed E-state index contributed by atoms with van der Waals surface area (Å²) >= 11 is 0. The topological polar surface area (TPSA) is 54.0 Å². The Kier molecular flexibility index (Phi) is 3.70. The molecule has 3 aromatic rings. The monoisotopic (exact) mass is 295 g/mol. The zero-order valence-electron chi connectivity index (χ0n) is 11.9. The van der Waals surface area contributed by atoms with Crippen molar-refractivity contribution in [1.29, 1.82) is 0 Å². The fraction of sp³-hybridized carbons (Fsp3) is 0.0588. The van der Waals surface area contributed by atoms with Gasteiger partial charge < -0.3 is 10.6 Å². The van der Waals surface area contributed by atoms with Gasteiger partial charge >= 0.3 is 6.03 Å². The summed E-state index contributed by atoms with van der Waals surface area (Å²) < 4.78 is 13.1. The third-order valence-corrected chi connectivity index (χ3v) is 3.17. The van der Waals surface area contributed by atoms with Crippen LogP contribution in [-0.2, 0) is 0 Å². The molecule has 0 radical (unpaired) electrons. The van der Waals surface area contributed by atoms with Crippen molar-refractivity contribution >= 4 is 28.3 Å². The lowest BCUT2D eigenvalue weighted by Gasteiger charge is -2.11. The quantitative estimate of drug-likeness (QED) is 0.739. The number of para-hydroxylation sites is 1. The average molecular weight is 295 g/mol. The Morgan fingerprint density at radius 1 is 1.05 bits per heavy atom. The van der Waals surface area contributed by atoms with Gasteiger partial charge in [0.2, 0.25) is 0 Å². The van der Waals surface area contributed by atoms with Crippen LogP contribution in [0.2, 0.25) is 0 Å². The second-order valence-electron chi connectivity index (χ2n) is 4.92. The molecule has 2 aromatic carbocycles. The average Bonchev–Trinajstić information content (AvgIpc) is 2.47. The van der Waals surface area contributed by atoms with Gasteiger partial charge in [-0.05, 0) is 37.3 Å². The Morgan fingerprint density at radius 3 is 2.68 bits per heavy atom. The zero-order valence-corrected chi connectivity index (χ0v) is 11.9. The fourth-order valence-corrected chi connectivity index (χ4v) is 2.26. The van der Waals surface area contributed by atoms with E-state index in [1.807, 2.05) is 31.2 Å². The molecule has 1 heterocycles. The molecule has 0 aliphatic heterocycles. The van der Waals surface area contributed by atoms with E-state index in [4.69, 9.17) is 0 Å². The van der Waals surface area contributed by atoms with Crippen molar-refractivity contribution in [2.75, 3.05) is 10.6 Å². The van der Waals surface area contributed by atoms with Gasteiger partial charge in [-0.3, -0.25) is 4.98 Å². The van der Waals surface area contributed by atoms with Gasteiger partial charge in [-0.25, -0.2) is 9.18 Å². The Morgan fingerprint density at radius 2 is 1.86 bits per heavy atom. The minimum atomic E-state index is -0.429. The number of halogens is 1. The molecule has 0 fully saturated rings. The van der Waals surface area contributed by atoms with Gasteiger partial charge in [-0.2, -0.15) is 0 Å². The summed E-state index contributed by atoms with van der Waals surface area (Å²) in [6.45, 7) is 1.86. The molecule has 0 aliphatic rings. The van der Waals surface area contributed by atoms with E-state index in [1.165, 1.54) is 18.2 Å². The van der Waals surface area contributed by atoms with Gasteiger partial charge in [-0.15, -0.1) is 0 Å². The third kappa shape index (κ3) is 3.03. The second-order valence-corrected chi connectivity index (χ2v) is 4.92. The number of benzene rings is 2. The number of nitrogens with zero attached hydrogens (tertiary/aromatic N) is 1. The number of carbonyl (C=O) groups excluding carboxylic acids is 1. The van der Waals surface area contributed by atoms with E-state index in [-0.39, 0.29) is 0 Å². The first-order valence-corrected chi connectivity index (χ1v) is 6.82. The SMILES string of the molecule is Cc1cc(NC(=O)Nc2cccc(F)c2)c2ccccc2n1. The Balaban J connectivity index is 1.85. The lowest BCUT2D eigenvalue weighted by atomic mass is 10.1. The van der Waals surface area contributed by atoms with Crippen LogP contribution in [0, 0.1) is 12.7 Å². The van der Waals surface area contributed by atoms with Gasteiger partial charge in [0.25, 0.3) is 0 Å². The Labute approximate surface area is 127 Å². The highest BCUT2D eigenvalue weighted by Gasteiger charge is 2.08. The highest BCUT2D eigenvalue weighted by Crippen LogP contribution is 2.23. The lowest BCUT2D eigenvalue weighted by Crippen LogP contribution is -2.19. The van der Waals surface area contributed by atoms with E-state index in [9.17, 15) is 9.18 Å². The first-order valence-electron chi connectivity index (χ1n) is 6.82. The van der Waals surface area contributed by atoms with Crippen LogP contribution in [0.1, 0.15) is 5.69 Å². The van der Waals surface area contributed by atoms with Gasteiger partial charge in [0.1, 0.15) is 5.82 Å². The van der Waals surface area contributed by atoms with Crippen molar-refractivity contribution in [1.82, 2.24) is 4.98 Å². The summed E-state index contributed by atoms with van der Waals surface area (Å²) in [5.74, 6) is -0.400. The molecule has 0 bridgehead atoms. The molecule has 22 heavy (non-hydrogen) atoms. The van der Waals surface area contributed by atoms with Crippen molar-refractivity contribution < 1.29 is 9.18 Å². The van der Waals surface area contributed by atoms with Crippen molar-refractivity contribution in [3.63, 3.8) is 0 Å². The van der Waals surface area contributed by atoms with E-state index in [0.29, 0.717) is 11.4 Å². The minimum Gasteiger partial charge on any atom is -0.308 e. The van der Waals surface area contributed by atoms with Crippen LogP contribution in [0.25, 0.3) is 10.9 Å². The molecule has 3 rings (SSSR count). The van der Waals surface area contributed by atoms with Gasteiger partial charge in [-0.1, -0.05) is 24.3 Å². The molecule has 4 nitrogen and oxygen atoms in total. The third-order valence-electron chi connectivity index (χ3n) is 3.17. The lowest BCUT2D eigenvalue weighted by molar-refractivity contribution is 0.262. The predicted molar refractivity (Wildman–Crippen MR) is 85.5 cm³/mol. The summed E-state index contributed by atoms with van der Waals surface area (Å²) in [5, 5.41) is 6.24. The van der Waals surface area contributed by atoms with Crippen LogP contribution in [0.15, 0.2) is 54.6 Å². The molecule has 110 valence electrons. The molecule has 0 unspecified atom stereocenters. The van der Waals surface area contributed by atoms with Gasteiger partial charge in [0, 0.05) is 16.8 Å². The molecule has 0 saturated carbocycles. The van der Waals surface area contributed by atoms with Crippen LogP contribution < -0.4 is 10.6 Å². The number of aromatic nitrogens is 1. The van der Waals surface area contributed by atoms with Crippen LogP contribution in [-0.4, -0.2) is 11.0 Å². The maximum atomic E-state index is 13.1. The molecular weight excluding hydrogens is 281 g/mol. The fourth-order valence-electron chi connectivity index (χ4n) is 2.26. The van der Waals surface area contributed by atoms with Crippen molar-refractivity contribution in [3.05, 3.63) is 66.1 Å². The highest BCUT2D eigenvalue weighted by atomic mass is 19.1. The molecular formula is C17H14FN3O. The first kappa shape index (κ1) is 14.0. The number of aryl methyl sites for hydroxylation is 1. The molecule has 5 heteroatoms. The number of fused-ring (bicyclic) bond motifs is 1. The molecule has 0 spiro atoms. The first-order chi connectivity index (χ1) is 10.6. The summed E-state index contributed by atoms with van der Waals surface area (Å²) in [4.78, 5) is 16.5. The standard InChI is InChI=1S/C17H14FN3O/c1-11-9-16(14-7-2-3-8-15(14)19-11)21-17(22)20-13-6-4-5-12(18)10-13/h2-10H,1H3,(H2,19,20,21,22). The summed E-state index contributed by atoms with van der Waals surface area (Å²) in [7, 11) is 0. The van der Waals surface area contributed by atoms with Crippen LogP contribution in [0.5, 0.6) is 0 Å². The Bertz CT molecular complexity index is 848. The second kappa shape index (κ2) is 5.81. The molecule has 2 amide bonds. The van der Waals surface area contributed by atoms with Gasteiger partial charge in [0.15, 0.2) is 0 Å². The number of carbonyl (C=O) groups is 1. The number of pyridine rings is 1. The van der Waals surface area contributed by atoms with Crippen molar-refractivity contribution in [2.24, 2.45) is 0 Å². The van der Waals surface area contributed by atoms with E-state index in [2.05, 4.69) is 15.6 Å². The largest absolute Gasteiger partial charge is 0.323 e. The number of rotatable bonds is 2. The van der Waals surface area contributed by atoms with Crippen LogP contribution in [0.4, 0.5) is 20.6 Å². The summed E-state index contributed by atoms with van der Waals surface area (Å²) in [6, 6.07) is 14.7. The molecule has 0 saturated heterocycles. The minimum absolute atomic E-state index is 0.396. The van der Waals surface area contributed by atoms with E-state index < -0.39 is 11.8 Å².